The molecular weight excluding hydrogens is 1300 g/mol. The maximum Gasteiger partial charge on any atom is 0.0690 e. The molecule has 0 aromatic heterocycles. The van der Waals surface area contributed by atoms with E-state index in [0.717, 1.165) is 193 Å². The van der Waals surface area contributed by atoms with Gasteiger partial charge in [0.05, 0.1) is 36.6 Å². The molecule has 0 aliphatic heterocycles. The summed E-state index contributed by atoms with van der Waals surface area (Å²) < 4.78 is 50.4. The zero-order valence-corrected chi connectivity index (χ0v) is 72.0. The Balaban J connectivity index is 0.000000165. The van der Waals surface area contributed by atoms with Crippen LogP contribution in [0.5, 0.6) is 0 Å². The Morgan fingerprint density at radius 3 is 1.41 bits per heavy atom. The van der Waals surface area contributed by atoms with E-state index in [4.69, 9.17) is 42.6 Å². The highest BCUT2D eigenvalue weighted by atomic mass is 16.5. The fourth-order valence-corrected chi connectivity index (χ4v) is 23.7. The van der Waals surface area contributed by atoms with Gasteiger partial charge in [-0.25, -0.2) is 0 Å². The average Bonchev–Trinajstić information content (AvgIpc) is 1.48. The van der Waals surface area contributed by atoms with Crippen molar-refractivity contribution in [2.75, 3.05) is 85.9 Å². The fourth-order valence-electron chi connectivity index (χ4n) is 23.7. The second-order valence-electron chi connectivity index (χ2n) is 37.9. The number of ether oxygens (including phenoxy) is 9. The molecule has 15 atom stereocenters. The van der Waals surface area contributed by atoms with Crippen LogP contribution in [0.3, 0.4) is 0 Å². The molecule has 1 aromatic carbocycles. The molecule has 105 heavy (non-hydrogen) atoms. The first-order valence-corrected chi connectivity index (χ1v) is 46.3. The Bertz CT molecular complexity index is 2280. The first-order valence-electron chi connectivity index (χ1n) is 46.3. The van der Waals surface area contributed by atoms with Gasteiger partial charge in [-0.2, -0.15) is 0 Å². The van der Waals surface area contributed by atoms with Gasteiger partial charge in [0, 0.05) is 79.3 Å². The van der Waals surface area contributed by atoms with Crippen LogP contribution >= 0.6 is 0 Å². The van der Waals surface area contributed by atoms with Crippen LogP contribution in [0.1, 0.15) is 347 Å². The Labute approximate surface area is 650 Å². The first-order chi connectivity index (χ1) is 50.8. The minimum absolute atomic E-state index is 0.341. The van der Waals surface area contributed by atoms with Gasteiger partial charge in [-0.05, 0) is 353 Å². The summed E-state index contributed by atoms with van der Waals surface area (Å²) >= 11 is 0. The summed E-state index contributed by atoms with van der Waals surface area (Å²) in [5, 5.41) is 0. The van der Waals surface area contributed by atoms with Crippen molar-refractivity contribution >= 4 is 0 Å². The van der Waals surface area contributed by atoms with E-state index in [1.54, 1.807) is 0 Å². The summed E-state index contributed by atoms with van der Waals surface area (Å²) in [5.74, 6) is 16.5. The van der Waals surface area contributed by atoms with Gasteiger partial charge in [0.15, 0.2) is 0 Å². The highest BCUT2D eigenvalue weighted by Gasteiger charge is 2.62. The van der Waals surface area contributed by atoms with Crippen LogP contribution in [0.15, 0.2) is 30.3 Å². The Kier molecular flexibility index (Phi) is 42.9. The van der Waals surface area contributed by atoms with Gasteiger partial charge in [0.1, 0.15) is 0 Å². The summed E-state index contributed by atoms with van der Waals surface area (Å²) in [6, 6.07) is 10.4. The third-order valence-corrected chi connectivity index (χ3v) is 29.6. The number of hydrogen-bond acceptors (Lipinski definition) is 9. The quantitative estimate of drug-likeness (QED) is 0.0800. The number of rotatable bonds is 27. The zero-order valence-electron chi connectivity index (χ0n) is 72.0. The monoisotopic (exact) mass is 1470 g/mol. The summed E-state index contributed by atoms with van der Waals surface area (Å²) in [4.78, 5) is 0. The molecule has 1 aromatic rings. The predicted molar refractivity (Wildman–Crippen MR) is 442 cm³/mol. The maximum atomic E-state index is 6.04. The molecule has 16 rings (SSSR count). The molecule has 0 N–H and O–H groups in total. The molecule has 612 valence electrons. The molecule has 0 spiro atoms. The van der Waals surface area contributed by atoms with Gasteiger partial charge in [-0.15, -0.1) is 0 Å². The third-order valence-electron chi connectivity index (χ3n) is 29.6. The molecule has 15 aliphatic carbocycles. The van der Waals surface area contributed by atoms with E-state index >= 15 is 0 Å². The van der Waals surface area contributed by atoms with Crippen molar-refractivity contribution in [2.24, 2.45) is 111 Å². The van der Waals surface area contributed by atoms with Gasteiger partial charge in [-0.3, -0.25) is 0 Å². The van der Waals surface area contributed by atoms with Crippen molar-refractivity contribution in [3.8, 4) is 0 Å². The molecule has 9 heteroatoms. The maximum absolute atomic E-state index is 6.04. The van der Waals surface area contributed by atoms with Crippen LogP contribution in [0, 0.1) is 111 Å². The van der Waals surface area contributed by atoms with Gasteiger partial charge in [0.25, 0.3) is 0 Å². The van der Waals surface area contributed by atoms with Crippen molar-refractivity contribution in [3.63, 3.8) is 0 Å². The number of hydrogen-bond donors (Lipinski definition) is 0. The second-order valence-corrected chi connectivity index (χ2v) is 37.9. The lowest BCUT2D eigenvalue weighted by molar-refractivity contribution is -0.159. The molecule has 15 saturated carbocycles. The molecule has 0 radical (unpaired) electrons. The molecule has 15 aliphatic rings. The largest absolute Gasteiger partial charge is 0.382 e. The molecule has 9 nitrogen and oxygen atoms in total. The smallest absolute Gasteiger partial charge is 0.0690 e. The minimum atomic E-state index is 0.341. The van der Waals surface area contributed by atoms with E-state index in [9.17, 15) is 0 Å². The highest BCUT2D eigenvalue weighted by molar-refractivity contribution is 5.15. The van der Waals surface area contributed by atoms with E-state index < -0.39 is 0 Å². The van der Waals surface area contributed by atoms with Crippen LogP contribution in [-0.2, 0) is 49.1 Å². The van der Waals surface area contributed by atoms with E-state index in [1.165, 1.54) is 237 Å². The minimum Gasteiger partial charge on any atom is -0.382 e. The van der Waals surface area contributed by atoms with Crippen molar-refractivity contribution in [3.05, 3.63) is 35.9 Å². The molecule has 0 heterocycles. The lowest BCUT2D eigenvalue weighted by Crippen LogP contribution is -2.51. The Hall–Kier alpha value is -1.14. The lowest BCUT2D eigenvalue weighted by atomic mass is 9.54. The number of benzene rings is 1. The summed E-state index contributed by atoms with van der Waals surface area (Å²) in [6.45, 7) is 47.2. The van der Waals surface area contributed by atoms with E-state index in [1.807, 2.05) is 6.07 Å². The van der Waals surface area contributed by atoms with Crippen LogP contribution < -0.4 is 0 Å². The Morgan fingerprint density at radius 2 is 0.943 bits per heavy atom. The first kappa shape index (κ1) is 91.0. The predicted octanol–water partition coefficient (Wildman–Crippen LogP) is 25.5. The van der Waals surface area contributed by atoms with Crippen LogP contribution in [0.25, 0.3) is 0 Å². The molecule has 15 fully saturated rings. The highest BCUT2D eigenvalue weighted by Crippen LogP contribution is 2.66. The SMILES string of the molecule is CC(C)OCCc1ccccc1.CCOC12CC3CC(CC(C3)C1)C2.CCOC1CC(C)CCC1C(C)C.CCOC1CC2CCC1(C)C2(C)C.CCOC1CC2CCC1C2.CCOCC1CC2CCC1C2.CCOCC1CCCCC1.CCOCCC1CC2CCC1C2.CCOCCC1CCCCC1. The van der Waals surface area contributed by atoms with E-state index in [-0.39, 0.29) is 0 Å². The normalized spacial score (nSPS) is 35.2. The molecule has 15 unspecified atom stereocenters. The molecule has 0 amide bonds. The van der Waals surface area contributed by atoms with E-state index in [2.05, 4.69) is 135 Å². The summed E-state index contributed by atoms with van der Waals surface area (Å²) in [6.07, 6.45) is 54.7. The van der Waals surface area contributed by atoms with Crippen LogP contribution in [0.2, 0.25) is 0 Å². The molecule has 12 bridgehead atoms. The Morgan fingerprint density at radius 1 is 0.419 bits per heavy atom. The van der Waals surface area contributed by atoms with Crippen LogP contribution in [-0.4, -0.2) is 116 Å². The van der Waals surface area contributed by atoms with Gasteiger partial charge in [-0.1, -0.05) is 143 Å². The van der Waals surface area contributed by atoms with Gasteiger partial charge < -0.3 is 42.6 Å². The van der Waals surface area contributed by atoms with Crippen LogP contribution in [0.4, 0.5) is 0 Å². The summed E-state index contributed by atoms with van der Waals surface area (Å²) in [7, 11) is 0. The zero-order chi connectivity index (χ0) is 75.5. The fraction of sp³-hybridized carbons (Fsp3) is 0.938. The molecule has 0 saturated heterocycles. The second kappa shape index (κ2) is 49.5. The topological polar surface area (TPSA) is 83.1 Å². The standard InChI is InChI=1S/C12H20O.C12H22O.C12H24O.C11H20O.C11H16O.C10H18O.C10H20O.C9H16O.C9H18O/c1-2-13-12-6-9-3-10(7-12)5-11(4-9)8-12;1-5-13-10-8-9-6-7-12(10,4)11(9,2)3;1-5-13-12-8-10(4)6-7-11(12)9(2)3;1-2-12-6-5-11-8-9-3-4-10(11)7-9;1-10(2)12-9-8-11-6-4-3-5-7-11;1-2-11-7-10-6-8-3-4-9(10)5-8;1-2-11-9-8-10-6-4-3-5-7-10;1-2-10-9-6-7-3-4-8(9)5-7;1-2-10-8-9-6-4-3-5-7-9/h9-11H,2-8H2,1H3;9-10H,5-8H2,1-4H3;9-12H,5-8H2,1-4H3;9-11H,2-8H2,1H3;3-7,10H,8-9H2,1-2H3;8-10H,2-7H2,1H3;10H,2-9H2,1H3;7-9H,2-6H2,1H3;9H,2-8H2,1H3. The number of fused-ring (bicyclic) bond motifs is 8. The van der Waals surface area contributed by atoms with Gasteiger partial charge in [0.2, 0.25) is 0 Å². The lowest BCUT2D eigenvalue weighted by Gasteiger charge is -2.56. The van der Waals surface area contributed by atoms with Gasteiger partial charge >= 0.3 is 0 Å². The third kappa shape index (κ3) is 30.3. The average molecular weight is 1470 g/mol. The van der Waals surface area contributed by atoms with Crippen molar-refractivity contribution in [1.82, 2.24) is 0 Å². The van der Waals surface area contributed by atoms with Crippen molar-refractivity contribution in [1.29, 1.82) is 0 Å². The van der Waals surface area contributed by atoms with E-state index in [0.29, 0.717) is 40.8 Å². The van der Waals surface area contributed by atoms with Crippen molar-refractivity contribution < 1.29 is 42.6 Å². The summed E-state index contributed by atoms with van der Waals surface area (Å²) in [5.41, 5.74) is 2.66. The molecular formula is C96H174O9. The van der Waals surface area contributed by atoms with Crippen molar-refractivity contribution in [2.45, 2.75) is 378 Å².